The van der Waals surface area contributed by atoms with E-state index in [0.717, 1.165) is 23.1 Å². The molecule has 0 saturated heterocycles. The number of carbonyl (C=O) groups is 1. The maximum Gasteiger partial charge on any atom is 0.293 e. The minimum absolute atomic E-state index is 0.0187. The molecule has 5 rings (SSSR count). The number of amides is 1. The summed E-state index contributed by atoms with van der Waals surface area (Å²) in [4.78, 5) is 17.2. The van der Waals surface area contributed by atoms with Gasteiger partial charge in [-0.25, -0.2) is 9.37 Å². The van der Waals surface area contributed by atoms with E-state index in [2.05, 4.69) is 41.6 Å². The Morgan fingerprint density at radius 1 is 1.03 bits per heavy atom. The Balaban J connectivity index is 1.23. The van der Waals surface area contributed by atoms with Crippen LogP contribution < -0.4 is 10.6 Å². The maximum atomic E-state index is 14.0. The number of anilines is 1. The van der Waals surface area contributed by atoms with Crippen molar-refractivity contribution in [2.24, 2.45) is 0 Å². The Morgan fingerprint density at radius 2 is 1.81 bits per heavy atom. The number of carbonyl (C=O) groups excluding carboxylic acids is 1. The van der Waals surface area contributed by atoms with Gasteiger partial charge < -0.3 is 14.2 Å². The number of fused-ring (bicyclic) bond motifs is 1. The van der Waals surface area contributed by atoms with Crippen molar-refractivity contribution in [1.82, 2.24) is 10.3 Å². The number of nitrogens with zero attached hydrogens (tertiary/aromatic N) is 1. The summed E-state index contributed by atoms with van der Waals surface area (Å²) in [6, 6.07) is 22.7. The Hall–Kier alpha value is -4.30. The number of halogens is 1. The lowest BCUT2D eigenvalue weighted by atomic mass is 9.98. The second kappa shape index (κ2) is 10.4. The Kier molecular flexibility index (Phi) is 6.83. The molecule has 6 nitrogen and oxygen atoms in total. The van der Waals surface area contributed by atoms with Crippen LogP contribution in [0.25, 0.3) is 33.9 Å². The van der Waals surface area contributed by atoms with Gasteiger partial charge in [-0.1, -0.05) is 32.0 Å². The summed E-state index contributed by atoms with van der Waals surface area (Å²) in [6.45, 7) is 4.36. The summed E-state index contributed by atoms with van der Waals surface area (Å²) < 4.78 is 25.4. The predicted octanol–water partition coefficient (Wildman–Crippen LogP) is 7.53. The largest absolute Gasteiger partial charge is 0.451 e. The summed E-state index contributed by atoms with van der Waals surface area (Å²) in [5.74, 6) is 0.291. The highest BCUT2D eigenvalue weighted by Crippen LogP contribution is 2.29. The first-order valence-electron chi connectivity index (χ1n) is 11.9. The molecule has 1 atom stereocenters. The van der Waals surface area contributed by atoms with Gasteiger partial charge in [0.15, 0.2) is 16.5 Å². The monoisotopic (exact) mass is 513 g/mol. The zero-order chi connectivity index (χ0) is 25.9. The first-order valence-corrected chi connectivity index (χ1v) is 12.3. The van der Waals surface area contributed by atoms with E-state index in [4.69, 9.17) is 21.1 Å². The van der Waals surface area contributed by atoms with Gasteiger partial charge >= 0.3 is 0 Å². The third kappa shape index (κ3) is 5.29. The molecule has 8 heteroatoms. The Bertz CT molecular complexity index is 1590. The van der Waals surface area contributed by atoms with Crippen LogP contribution in [0.15, 0.2) is 87.7 Å². The third-order valence-corrected chi connectivity index (χ3v) is 6.38. The molecule has 1 amide bonds. The molecule has 37 heavy (non-hydrogen) atoms. The first-order chi connectivity index (χ1) is 17.9. The van der Waals surface area contributed by atoms with Crippen molar-refractivity contribution in [3.63, 3.8) is 0 Å². The van der Waals surface area contributed by atoms with Gasteiger partial charge in [0.1, 0.15) is 17.1 Å². The number of hydrogen-bond donors (Lipinski definition) is 2. The first kappa shape index (κ1) is 24.4. The van der Waals surface area contributed by atoms with Crippen LogP contribution >= 0.6 is 12.2 Å². The van der Waals surface area contributed by atoms with E-state index < -0.39 is 11.7 Å². The molecule has 2 aromatic heterocycles. The lowest BCUT2D eigenvalue weighted by Crippen LogP contribution is -2.33. The molecule has 0 saturated carbocycles. The summed E-state index contributed by atoms with van der Waals surface area (Å²) in [5, 5.41) is 5.64. The molecule has 0 aliphatic heterocycles. The van der Waals surface area contributed by atoms with Crippen LogP contribution in [0.2, 0.25) is 0 Å². The number of rotatable bonds is 6. The molecular formula is C29H24FN3O3S. The van der Waals surface area contributed by atoms with Crippen LogP contribution in [0.3, 0.4) is 0 Å². The van der Waals surface area contributed by atoms with E-state index >= 15 is 0 Å². The average molecular weight is 514 g/mol. The number of aromatic nitrogens is 1. The van der Waals surface area contributed by atoms with E-state index in [1.807, 2.05) is 30.3 Å². The number of furan rings is 1. The summed E-state index contributed by atoms with van der Waals surface area (Å²) in [6.07, 6.45) is 1.06. The molecule has 0 unspecified atom stereocenters. The van der Waals surface area contributed by atoms with Crippen molar-refractivity contribution in [3.8, 4) is 22.8 Å². The molecule has 2 heterocycles. The van der Waals surface area contributed by atoms with Crippen LogP contribution in [0, 0.1) is 5.82 Å². The maximum absolute atomic E-state index is 14.0. The fourth-order valence-corrected chi connectivity index (χ4v) is 4.11. The van der Waals surface area contributed by atoms with Gasteiger partial charge in [0, 0.05) is 11.3 Å². The molecule has 3 aromatic carbocycles. The topological polar surface area (TPSA) is 80.3 Å². The van der Waals surface area contributed by atoms with Crippen LogP contribution in [-0.4, -0.2) is 16.0 Å². The molecule has 5 aromatic rings. The average Bonchev–Trinajstić information content (AvgIpc) is 3.56. The second-order valence-corrected chi connectivity index (χ2v) is 9.09. The number of nitrogens with one attached hydrogen (secondary N) is 2. The molecule has 2 N–H and O–H groups in total. The van der Waals surface area contributed by atoms with Crippen molar-refractivity contribution >= 4 is 40.0 Å². The number of thiocarbonyl (C=S) groups is 1. The van der Waals surface area contributed by atoms with Gasteiger partial charge in [-0.15, -0.1) is 0 Å². The Morgan fingerprint density at radius 3 is 2.57 bits per heavy atom. The van der Waals surface area contributed by atoms with Crippen molar-refractivity contribution in [2.75, 3.05) is 5.32 Å². The lowest BCUT2D eigenvalue weighted by Gasteiger charge is -2.09. The highest BCUT2D eigenvalue weighted by Gasteiger charge is 2.16. The van der Waals surface area contributed by atoms with Crippen LogP contribution in [0.4, 0.5) is 10.1 Å². The molecule has 0 bridgehead atoms. The van der Waals surface area contributed by atoms with Crippen molar-refractivity contribution in [2.45, 2.75) is 26.2 Å². The second-order valence-electron chi connectivity index (χ2n) is 8.68. The molecule has 0 spiro atoms. The highest BCUT2D eigenvalue weighted by atomic mass is 32.1. The van der Waals surface area contributed by atoms with Gasteiger partial charge in [0.25, 0.3) is 5.91 Å². The van der Waals surface area contributed by atoms with E-state index in [1.165, 1.54) is 17.7 Å². The highest BCUT2D eigenvalue weighted by molar-refractivity contribution is 7.80. The SMILES string of the molecule is CC[C@@H](C)c1ccc2oc(-c3ccc(NC(=S)NC(=O)c4ccc(-c5ccccc5F)o4)cc3)nc2c1. The van der Waals surface area contributed by atoms with E-state index in [-0.39, 0.29) is 22.2 Å². The third-order valence-electron chi connectivity index (χ3n) is 6.18. The van der Waals surface area contributed by atoms with E-state index in [0.29, 0.717) is 17.5 Å². The molecule has 186 valence electrons. The van der Waals surface area contributed by atoms with Gasteiger partial charge in [0.2, 0.25) is 5.89 Å². The number of oxazole rings is 1. The Labute approximate surface area is 218 Å². The van der Waals surface area contributed by atoms with Crippen LogP contribution in [-0.2, 0) is 0 Å². The van der Waals surface area contributed by atoms with Crippen molar-refractivity contribution < 1.29 is 18.0 Å². The molecule has 0 fully saturated rings. The summed E-state index contributed by atoms with van der Waals surface area (Å²) in [5.41, 5.74) is 4.58. The number of benzene rings is 3. The van der Waals surface area contributed by atoms with Gasteiger partial charge in [0.05, 0.1) is 5.56 Å². The normalized spacial score (nSPS) is 11.9. The zero-order valence-corrected chi connectivity index (χ0v) is 21.1. The standard InChI is InChI=1S/C29H24FN3O3S/c1-3-17(2)19-10-13-25-23(16-19)32-28(36-25)18-8-11-20(12-9-18)31-29(37)33-27(34)26-15-14-24(35-26)21-6-4-5-7-22(21)30/h4-17H,3H2,1-2H3,(H2,31,33,34,37)/t17-/m1/s1. The van der Waals surface area contributed by atoms with Gasteiger partial charge in [-0.2, -0.15) is 0 Å². The van der Waals surface area contributed by atoms with E-state index in [1.54, 1.807) is 24.3 Å². The summed E-state index contributed by atoms with van der Waals surface area (Å²) in [7, 11) is 0. The van der Waals surface area contributed by atoms with Crippen molar-refractivity contribution in [3.05, 3.63) is 96.0 Å². The van der Waals surface area contributed by atoms with Crippen LogP contribution in [0.5, 0.6) is 0 Å². The fourth-order valence-electron chi connectivity index (χ4n) is 3.90. The minimum atomic E-state index is -0.542. The lowest BCUT2D eigenvalue weighted by molar-refractivity contribution is 0.0951. The molecule has 0 aliphatic rings. The van der Waals surface area contributed by atoms with Gasteiger partial charge in [-0.05, 0) is 90.8 Å². The van der Waals surface area contributed by atoms with Crippen molar-refractivity contribution in [1.29, 1.82) is 0 Å². The smallest absolute Gasteiger partial charge is 0.293 e. The zero-order valence-electron chi connectivity index (χ0n) is 20.2. The van der Waals surface area contributed by atoms with E-state index in [9.17, 15) is 9.18 Å². The fraction of sp³-hybridized carbons (Fsp3) is 0.138. The molecule has 0 aliphatic carbocycles. The number of hydrogen-bond acceptors (Lipinski definition) is 5. The summed E-state index contributed by atoms with van der Waals surface area (Å²) >= 11 is 5.27. The molecule has 0 radical (unpaired) electrons. The molecular weight excluding hydrogens is 489 g/mol. The predicted molar refractivity (Wildman–Crippen MR) is 146 cm³/mol. The quantitative estimate of drug-likeness (QED) is 0.228. The minimum Gasteiger partial charge on any atom is -0.451 e. The van der Waals surface area contributed by atoms with Gasteiger partial charge in [-0.3, -0.25) is 10.1 Å². The van der Waals surface area contributed by atoms with Crippen LogP contribution in [0.1, 0.15) is 42.3 Å².